The minimum atomic E-state index is 0.426. The van der Waals surface area contributed by atoms with Crippen LogP contribution in [0.4, 0.5) is 0 Å². The van der Waals surface area contributed by atoms with Crippen molar-refractivity contribution in [3.63, 3.8) is 0 Å². The third-order valence-electron chi connectivity index (χ3n) is 2.08. The Morgan fingerprint density at radius 2 is 2.38 bits per heavy atom. The minimum absolute atomic E-state index is 0.426. The maximum absolute atomic E-state index is 5.69. The molecule has 0 saturated carbocycles. The molecule has 0 saturated heterocycles. The Kier molecular flexibility index (Phi) is 4.18. The molecule has 0 aromatic carbocycles. The first-order valence-electron chi connectivity index (χ1n) is 4.39. The van der Waals surface area contributed by atoms with Gasteiger partial charge in [0.25, 0.3) is 0 Å². The summed E-state index contributed by atoms with van der Waals surface area (Å²) in [6.45, 7) is 5.09. The third kappa shape index (κ3) is 2.97. The molecule has 0 aliphatic heterocycles. The maximum atomic E-state index is 5.69. The average molecular weight is 203 g/mol. The van der Waals surface area contributed by atoms with Crippen molar-refractivity contribution >= 4 is 11.6 Å². The van der Waals surface area contributed by atoms with Gasteiger partial charge in [-0.3, -0.25) is 0 Å². The number of hydrogen-bond donors (Lipinski definition) is 0. The summed E-state index contributed by atoms with van der Waals surface area (Å²) in [5, 5.41) is 7.71. The van der Waals surface area contributed by atoms with Crippen LogP contribution in [0, 0.1) is 0 Å². The van der Waals surface area contributed by atoms with Gasteiger partial charge in [-0.2, -0.15) is 0 Å². The van der Waals surface area contributed by atoms with Crippen molar-refractivity contribution in [2.45, 2.75) is 19.3 Å². The van der Waals surface area contributed by atoms with Crippen LogP contribution in [0.3, 0.4) is 0 Å². The summed E-state index contributed by atoms with van der Waals surface area (Å²) in [4.78, 5) is 2.23. The van der Waals surface area contributed by atoms with Gasteiger partial charge in [0.1, 0.15) is 12.2 Å². The first kappa shape index (κ1) is 10.5. The molecule has 1 aromatic rings. The molecule has 0 spiro atoms. The van der Waals surface area contributed by atoms with Crippen molar-refractivity contribution < 1.29 is 0 Å². The van der Waals surface area contributed by atoms with Gasteiger partial charge in [-0.15, -0.1) is 21.8 Å². The second-order valence-corrected chi connectivity index (χ2v) is 3.24. The Labute approximate surface area is 83.5 Å². The second kappa shape index (κ2) is 5.19. The van der Waals surface area contributed by atoms with Gasteiger partial charge in [0, 0.05) is 13.1 Å². The van der Waals surface area contributed by atoms with Gasteiger partial charge in [0.05, 0.1) is 5.88 Å². The summed E-state index contributed by atoms with van der Waals surface area (Å²) < 4.78 is 1.99. The van der Waals surface area contributed by atoms with Gasteiger partial charge in [-0.1, -0.05) is 6.92 Å². The molecular formula is C8H15ClN4. The van der Waals surface area contributed by atoms with Crippen LogP contribution in [0.2, 0.25) is 0 Å². The quantitative estimate of drug-likeness (QED) is 0.668. The van der Waals surface area contributed by atoms with E-state index >= 15 is 0 Å². The summed E-state index contributed by atoms with van der Waals surface area (Å²) in [6.07, 6.45) is 1.72. The number of nitrogens with zero attached hydrogens (tertiary/aromatic N) is 4. The standard InChI is InChI=1S/C8H15ClN4/c1-3-12(2)4-5-13-7-10-11-8(13)6-9/h7H,3-6H2,1-2H3. The SMILES string of the molecule is CCN(C)CCn1cnnc1CCl. The molecule has 0 fully saturated rings. The first-order valence-corrected chi connectivity index (χ1v) is 4.92. The summed E-state index contributed by atoms with van der Waals surface area (Å²) in [5.41, 5.74) is 0. The van der Waals surface area contributed by atoms with Crippen molar-refractivity contribution in [3.05, 3.63) is 12.2 Å². The van der Waals surface area contributed by atoms with Crippen LogP contribution in [-0.4, -0.2) is 39.8 Å². The van der Waals surface area contributed by atoms with Crippen molar-refractivity contribution in [1.29, 1.82) is 0 Å². The van der Waals surface area contributed by atoms with E-state index in [1.54, 1.807) is 6.33 Å². The molecule has 4 nitrogen and oxygen atoms in total. The number of likely N-dealkylation sites (N-methyl/N-ethyl adjacent to an activating group) is 1. The molecule has 1 aromatic heterocycles. The molecule has 13 heavy (non-hydrogen) atoms. The summed E-state index contributed by atoms with van der Waals surface area (Å²) in [5.74, 6) is 1.27. The molecule has 0 aliphatic carbocycles. The van der Waals surface area contributed by atoms with Gasteiger partial charge in [0.15, 0.2) is 0 Å². The van der Waals surface area contributed by atoms with E-state index in [9.17, 15) is 0 Å². The Morgan fingerprint density at radius 3 is 3.00 bits per heavy atom. The zero-order chi connectivity index (χ0) is 9.68. The van der Waals surface area contributed by atoms with Gasteiger partial charge in [-0.25, -0.2) is 0 Å². The fourth-order valence-electron chi connectivity index (χ4n) is 1.01. The highest BCUT2D eigenvalue weighted by molar-refractivity contribution is 6.16. The van der Waals surface area contributed by atoms with E-state index in [2.05, 4.69) is 29.1 Å². The fourth-order valence-corrected chi connectivity index (χ4v) is 1.21. The number of halogens is 1. The largest absolute Gasteiger partial charge is 0.315 e. The van der Waals surface area contributed by atoms with Crippen LogP contribution in [0.15, 0.2) is 6.33 Å². The van der Waals surface area contributed by atoms with Crippen molar-refractivity contribution in [2.75, 3.05) is 20.1 Å². The van der Waals surface area contributed by atoms with E-state index in [0.29, 0.717) is 5.88 Å². The molecule has 74 valence electrons. The minimum Gasteiger partial charge on any atom is -0.315 e. The Morgan fingerprint density at radius 1 is 1.62 bits per heavy atom. The molecule has 0 aliphatic rings. The molecular weight excluding hydrogens is 188 g/mol. The zero-order valence-corrected chi connectivity index (χ0v) is 8.83. The number of hydrogen-bond acceptors (Lipinski definition) is 3. The van der Waals surface area contributed by atoms with E-state index < -0.39 is 0 Å². The van der Waals surface area contributed by atoms with Crippen molar-refractivity contribution in [3.8, 4) is 0 Å². The molecule has 0 atom stereocenters. The van der Waals surface area contributed by atoms with E-state index in [1.807, 2.05) is 4.57 Å². The van der Waals surface area contributed by atoms with E-state index in [4.69, 9.17) is 11.6 Å². The summed E-state index contributed by atoms with van der Waals surface area (Å²) in [6, 6.07) is 0. The fraction of sp³-hybridized carbons (Fsp3) is 0.750. The van der Waals surface area contributed by atoms with Crippen LogP contribution < -0.4 is 0 Å². The number of aromatic nitrogens is 3. The molecule has 5 heteroatoms. The predicted octanol–water partition coefficient (Wildman–Crippen LogP) is 0.969. The lowest BCUT2D eigenvalue weighted by molar-refractivity contribution is 0.333. The zero-order valence-electron chi connectivity index (χ0n) is 8.07. The van der Waals surface area contributed by atoms with Crippen LogP contribution in [-0.2, 0) is 12.4 Å². The van der Waals surface area contributed by atoms with E-state index in [1.165, 1.54) is 0 Å². The van der Waals surface area contributed by atoms with Gasteiger partial charge < -0.3 is 9.47 Å². The second-order valence-electron chi connectivity index (χ2n) is 2.97. The van der Waals surface area contributed by atoms with Crippen LogP contribution in [0.25, 0.3) is 0 Å². The molecule has 0 unspecified atom stereocenters. The smallest absolute Gasteiger partial charge is 0.147 e. The van der Waals surface area contributed by atoms with Crippen molar-refractivity contribution in [1.82, 2.24) is 19.7 Å². The average Bonchev–Trinajstić information content (AvgIpc) is 2.61. The topological polar surface area (TPSA) is 34.0 Å². The lowest BCUT2D eigenvalue weighted by Crippen LogP contribution is -2.23. The van der Waals surface area contributed by atoms with E-state index in [0.717, 1.165) is 25.5 Å². The number of alkyl halides is 1. The highest BCUT2D eigenvalue weighted by atomic mass is 35.5. The highest BCUT2D eigenvalue weighted by Gasteiger charge is 2.02. The lowest BCUT2D eigenvalue weighted by atomic mass is 10.5. The first-order chi connectivity index (χ1) is 6.27. The Balaban J connectivity index is 2.44. The van der Waals surface area contributed by atoms with Crippen LogP contribution in [0.5, 0.6) is 0 Å². The summed E-state index contributed by atoms with van der Waals surface area (Å²) >= 11 is 5.69. The highest BCUT2D eigenvalue weighted by Crippen LogP contribution is 1.99. The van der Waals surface area contributed by atoms with Crippen molar-refractivity contribution in [2.24, 2.45) is 0 Å². The molecule has 0 amide bonds. The lowest BCUT2D eigenvalue weighted by Gasteiger charge is -2.14. The normalized spacial score (nSPS) is 11.1. The molecule has 0 N–H and O–H groups in total. The maximum Gasteiger partial charge on any atom is 0.147 e. The van der Waals surface area contributed by atoms with Gasteiger partial charge >= 0.3 is 0 Å². The number of rotatable bonds is 5. The molecule has 0 bridgehead atoms. The van der Waals surface area contributed by atoms with Gasteiger partial charge in [0.2, 0.25) is 0 Å². The molecule has 1 heterocycles. The van der Waals surface area contributed by atoms with Crippen LogP contribution in [0.1, 0.15) is 12.7 Å². The Bertz CT molecular complexity index is 248. The monoisotopic (exact) mass is 202 g/mol. The Hall–Kier alpha value is -0.610. The molecule has 0 radical (unpaired) electrons. The molecule has 1 rings (SSSR count). The van der Waals surface area contributed by atoms with Crippen LogP contribution >= 0.6 is 11.6 Å². The van der Waals surface area contributed by atoms with E-state index in [-0.39, 0.29) is 0 Å². The summed E-state index contributed by atoms with van der Waals surface area (Å²) in [7, 11) is 2.09. The predicted molar refractivity (Wildman–Crippen MR) is 52.8 cm³/mol. The van der Waals surface area contributed by atoms with Gasteiger partial charge in [-0.05, 0) is 13.6 Å². The third-order valence-corrected chi connectivity index (χ3v) is 2.32.